The molecule has 2 aliphatic rings. The zero-order valence-corrected chi connectivity index (χ0v) is 13.8. The van der Waals surface area contributed by atoms with Gasteiger partial charge in [-0.2, -0.15) is 13.2 Å². The van der Waals surface area contributed by atoms with Crippen molar-refractivity contribution >= 4 is 15.7 Å². The number of aromatic nitrogens is 3. The van der Waals surface area contributed by atoms with Gasteiger partial charge < -0.3 is 4.90 Å². The van der Waals surface area contributed by atoms with Crippen LogP contribution in [0, 0.1) is 0 Å². The zero-order chi connectivity index (χ0) is 17.7. The van der Waals surface area contributed by atoms with E-state index in [2.05, 4.69) is 10.3 Å². The number of alkyl halides is 3. The molecule has 11 heteroatoms. The third-order valence-electron chi connectivity index (χ3n) is 4.20. The fourth-order valence-corrected chi connectivity index (χ4v) is 4.58. The van der Waals surface area contributed by atoms with Crippen LogP contribution in [-0.2, 0) is 16.0 Å². The van der Waals surface area contributed by atoms with Gasteiger partial charge in [-0.05, 0) is 26.2 Å². The molecule has 134 valence electrons. The van der Waals surface area contributed by atoms with Crippen LogP contribution in [0.3, 0.4) is 0 Å². The van der Waals surface area contributed by atoms with Crippen molar-refractivity contribution in [2.45, 2.75) is 44.4 Å². The van der Waals surface area contributed by atoms with E-state index in [0.717, 1.165) is 9.58 Å². The van der Waals surface area contributed by atoms with Crippen molar-refractivity contribution in [1.82, 2.24) is 19.9 Å². The van der Waals surface area contributed by atoms with Crippen LogP contribution in [0.15, 0.2) is 0 Å². The summed E-state index contributed by atoms with van der Waals surface area (Å²) in [4.78, 5) is 13.8. The van der Waals surface area contributed by atoms with Crippen LogP contribution in [0.5, 0.6) is 0 Å². The van der Waals surface area contributed by atoms with Crippen molar-refractivity contribution in [2.24, 2.45) is 0 Å². The second-order valence-corrected chi connectivity index (χ2v) is 8.50. The molecule has 2 heterocycles. The zero-order valence-electron chi connectivity index (χ0n) is 13.0. The maximum absolute atomic E-state index is 13.4. The molecule has 0 aromatic carbocycles. The highest BCUT2D eigenvalue weighted by Gasteiger charge is 2.46. The number of sulfone groups is 1. The van der Waals surface area contributed by atoms with Crippen molar-refractivity contribution in [3.8, 4) is 0 Å². The van der Waals surface area contributed by atoms with Gasteiger partial charge in [0.1, 0.15) is 0 Å². The normalized spacial score (nSPS) is 24.7. The van der Waals surface area contributed by atoms with Gasteiger partial charge in [-0.3, -0.25) is 4.79 Å². The van der Waals surface area contributed by atoms with E-state index in [0.29, 0.717) is 12.8 Å². The van der Waals surface area contributed by atoms with Gasteiger partial charge in [-0.1, -0.05) is 5.21 Å². The molecule has 1 saturated heterocycles. The molecule has 1 amide bonds. The molecule has 1 aromatic heterocycles. The number of halogens is 3. The Balaban J connectivity index is 1.95. The minimum absolute atomic E-state index is 0.0762. The van der Waals surface area contributed by atoms with Crippen molar-refractivity contribution in [3.05, 3.63) is 11.4 Å². The molecule has 1 aromatic rings. The number of rotatable bonds is 2. The summed E-state index contributed by atoms with van der Waals surface area (Å²) in [6.07, 6.45) is -3.42. The van der Waals surface area contributed by atoms with Gasteiger partial charge in [0, 0.05) is 12.6 Å². The lowest BCUT2D eigenvalue weighted by Crippen LogP contribution is -2.41. The Kier molecular flexibility index (Phi) is 4.09. The van der Waals surface area contributed by atoms with E-state index in [1.165, 1.54) is 6.92 Å². The average molecular weight is 366 g/mol. The lowest BCUT2D eigenvalue weighted by atomic mass is 10.2. The highest BCUT2D eigenvalue weighted by Crippen LogP contribution is 2.41. The van der Waals surface area contributed by atoms with Crippen LogP contribution >= 0.6 is 0 Å². The molecule has 0 N–H and O–H groups in total. The van der Waals surface area contributed by atoms with Gasteiger partial charge in [0.2, 0.25) is 0 Å². The smallest absolute Gasteiger partial charge is 0.333 e. The lowest BCUT2D eigenvalue weighted by Gasteiger charge is -2.26. The van der Waals surface area contributed by atoms with E-state index in [-0.39, 0.29) is 30.5 Å². The van der Waals surface area contributed by atoms with Crippen LogP contribution in [0.1, 0.15) is 48.4 Å². The van der Waals surface area contributed by atoms with E-state index >= 15 is 0 Å². The third-order valence-corrected chi connectivity index (χ3v) is 6.10. The molecule has 0 spiro atoms. The first-order valence-electron chi connectivity index (χ1n) is 7.64. The number of carbonyl (C=O) groups excluding carboxylic acids is 1. The summed E-state index contributed by atoms with van der Waals surface area (Å²) in [6.45, 7) is 1.59. The third kappa shape index (κ3) is 3.26. The highest BCUT2D eigenvalue weighted by molar-refractivity contribution is 7.91. The Bertz CT molecular complexity index is 755. The Morgan fingerprint density at radius 3 is 2.54 bits per heavy atom. The minimum Gasteiger partial charge on any atom is -0.333 e. The number of nitrogens with zero attached hydrogens (tertiary/aromatic N) is 4. The predicted octanol–water partition coefficient (Wildman–Crippen LogP) is 1.28. The molecule has 2 fully saturated rings. The summed E-state index contributed by atoms with van der Waals surface area (Å²) in [5, 5.41) is 6.99. The molecule has 1 atom stereocenters. The molecular weight excluding hydrogens is 349 g/mol. The summed E-state index contributed by atoms with van der Waals surface area (Å²) in [5.41, 5.74) is -1.89. The Morgan fingerprint density at radius 1 is 1.29 bits per heavy atom. The predicted molar refractivity (Wildman–Crippen MR) is 77.1 cm³/mol. The molecule has 24 heavy (non-hydrogen) atoms. The molecule has 0 bridgehead atoms. The summed E-state index contributed by atoms with van der Waals surface area (Å²) in [7, 11) is -3.31. The van der Waals surface area contributed by atoms with Crippen LogP contribution < -0.4 is 0 Å². The van der Waals surface area contributed by atoms with E-state index in [1.54, 1.807) is 0 Å². The van der Waals surface area contributed by atoms with Crippen LogP contribution in [-0.4, -0.2) is 58.3 Å². The number of carbonyl (C=O) groups is 1. The fourth-order valence-electron chi connectivity index (χ4n) is 2.93. The summed E-state index contributed by atoms with van der Waals surface area (Å²) in [5.74, 6) is -1.27. The van der Waals surface area contributed by atoms with Gasteiger partial charge in [-0.25, -0.2) is 13.1 Å². The maximum atomic E-state index is 13.4. The molecular formula is C13H17F3N4O3S. The molecule has 3 rings (SSSR count). The molecule has 1 aliphatic heterocycles. The van der Waals surface area contributed by atoms with E-state index in [4.69, 9.17) is 0 Å². The van der Waals surface area contributed by atoms with Gasteiger partial charge in [0.05, 0.1) is 17.5 Å². The molecule has 7 nitrogen and oxygen atoms in total. The van der Waals surface area contributed by atoms with Crippen LogP contribution in [0.25, 0.3) is 0 Å². The van der Waals surface area contributed by atoms with Gasteiger partial charge in [0.25, 0.3) is 5.91 Å². The highest BCUT2D eigenvalue weighted by atomic mass is 32.2. The standard InChI is InChI=1S/C13H17F3N4O3S/c1-8-7-24(22,23)6-2-5-19(8)12(21)10-11(13(14,15)16)20(18-17-10)9-3-4-9/h8-9H,2-7H2,1H3. The minimum atomic E-state index is -4.75. The monoisotopic (exact) mass is 366 g/mol. The Morgan fingerprint density at radius 2 is 1.96 bits per heavy atom. The first-order valence-corrected chi connectivity index (χ1v) is 9.46. The molecule has 1 aliphatic carbocycles. The Labute approximate surface area is 136 Å². The fraction of sp³-hybridized carbons (Fsp3) is 0.769. The second-order valence-electron chi connectivity index (χ2n) is 6.28. The van der Waals surface area contributed by atoms with Crippen LogP contribution in [0.4, 0.5) is 13.2 Å². The summed E-state index contributed by atoms with van der Waals surface area (Å²) >= 11 is 0. The van der Waals surface area contributed by atoms with Gasteiger partial charge in [-0.15, -0.1) is 5.10 Å². The van der Waals surface area contributed by atoms with E-state index in [1.807, 2.05) is 0 Å². The summed E-state index contributed by atoms with van der Waals surface area (Å²) < 4.78 is 64.5. The SMILES string of the molecule is CC1CS(=O)(=O)CCCN1C(=O)c1nnn(C2CC2)c1C(F)(F)F. The topological polar surface area (TPSA) is 85.2 Å². The number of amides is 1. The average Bonchev–Trinajstić information content (AvgIpc) is 3.20. The Hall–Kier alpha value is -1.65. The molecule has 1 saturated carbocycles. The quantitative estimate of drug-likeness (QED) is 0.787. The second kappa shape index (κ2) is 5.71. The van der Waals surface area contributed by atoms with Crippen molar-refractivity contribution in [3.63, 3.8) is 0 Å². The molecule has 0 radical (unpaired) electrons. The first-order chi connectivity index (χ1) is 11.1. The van der Waals surface area contributed by atoms with Crippen molar-refractivity contribution in [1.29, 1.82) is 0 Å². The van der Waals surface area contributed by atoms with E-state index < -0.39 is 39.4 Å². The molecule has 1 unspecified atom stereocenters. The first kappa shape index (κ1) is 17.2. The van der Waals surface area contributed by atoms with E-state index in [9.17, 15) is 26.4 Å². The lowest BCUT2D eigenvalue weighted by molar-refractivity contribution is -0.144. The van der Waals surface area contributed by atoms with Crippen molar-refractivity contribution in [2.75, 3.05) is 18.1 Å². The summed E-state index contributed by atoms with van der Waals surface area (Å²) in [6, 6.07) is -1.09. The van der Waals surface area contributed by atoms with Gasteiger partial charge >= 0.3 is 6.18 Å². The number of hydrogen-bond donors (Lipinski definition) is 0. The van der Waals surface area contributed by atoms with Crippen LogP contribution in [0.2, 0.25) is 0 Å². The maximum Gasteiger partial charge on any atom is 0.435 e. The number of hydrogen-bond acceptors (Lipinski definition) is 5. The van der Waals surface area contributed by atoms with Crippen molar-refractivity contribution < 1.29 is 26.4 Å². The van der Waals surface area contributed by atoms with Gasteiger partial charge in [0.15, 0.2) is 21.2 Å². The largest absolute Gasteiger partial charge is 0.435 e.